The molecule has 8 heteroatoms. The first-order valence-electron chi connectivity index (χ1n) is 9.10. The quantitative estimate of drug-likeness (QED) is 0.416. The van der Waals surface area contributed by atoms with Gasteiger partial charge >= 0.3 is 5.97 Å². The van der Waals surface area contributed by atoms with Gasteiger partial charge in [-0.2, -0.15) is 0 Å². The van der Waals surface area contributed by atoms with Gasteiger partial charge in [-0.1, -0.05) is 36.4 Å². The molecule has 0 saturated heterocycles. The predicted octanol–water partition coefficient (Wildman–Crippen LogP) is 4.03. The van der Waals surface area contributed by atoms with Crippen molar-refractivity contribution in [1.82, 2.24) is 0 Å². The number of phenols is 1. The van der Waals surface area contributed by atoms with Crippen molar-refractivity contribution in [2.45, 2.75) is 22.8 Å². The average Bonchev–Trinajstić information content (AvgIpc) is 3.22. The number of sulfone groups is 1. The molecule has 0 spiro atoms. The number of aryl methyl sites for hydroxylation is 1. The van der Waals surface area contributed by atoms with E-state index in [-0.39, 0.29) is 27.1 Å². The molecule has 0 aliphatic carbocycles. The fourth-order valence-electron chi connectivity index (χ4n) is 2.90. The van der Waals surface area contributed by atoms with E-state index in [2.05, 4.69) is 4.74 Å². The number of hydrogen-bond donors (Lipinski definition) is 1. The SMILES string of the molecule is COC(=O)c1ccc(CS(=O)(=O)c2ccc(CCC(=O)c3ccccc3)s2)cc1O. The van der Waals surface area contributed by atoms with E-state index in [1.807, 2.05) is 6.07 Å². The lowest BCUT2D eigenvalue weighted by Crippen LogP contribution is -2.05. The molecule has 6 nitrogen and oxygen atoms in total. The second-order valence-electron chi connectivity index (χ2n) is 6.61. The minimum absolute atomic E-state index is 0.00887. The number of carbonyl (C=O) groups excluding carboxylic acids is 2. The third kappa shape index (κ3) is 5.14. The highest BCUT2D eigenvalue weighted by atomic mass is 32.2. The van der Waals surface area contributed by atoms with Gasteiger partial charge in [0.15, 0.2) is 15.6 Å². The van der Waals surface area contributed by atoms with E-state index < -0.39 is 15.8 Å². The van der Waals surface area contributed by atoms with Gasteiger partial charge in [-0.25, -0.2) is 13.2 Å². The smallest absolute Gasteiger partial charge is 0.341 e. The molecule has 0 radical (unpaired) electrons. The zero-order valence-electron chi connectivity index (χ0n) is 16.2. The molecular formula is C22H20O6S2. The van der Waals surface area contributed by atoms with Crippen LogP contribution in [0.5, 0.6) is 5.75 Å². The lowest BCUT2D eigenvalue weighted by molar-refractivity contribution is 0.0597. The van der Waals surface area contributed by atoms with Crippen LogP contribution in [0.1, 0.15) is 37.6 Å². The topological polar surface area (TPSA) is 97.7 Å². The first-order chi connectivity index (χ1) is 14.3. The number of rotatable bonds is 8. The maximum Gasteiger partial charge on any atom is 0.341 e. The Morgan fingerprint density at radius 1 is 1.03 bits per heavy atom. The minimum Gasteiger partial charge on any atom is -0.507 e. The van der Waals surface area contributed by atoms with Crippen molar-refractivity contribution in [3.8, 4) is 5.75 Å². The van der Waals surface area contributed by atoms with E-state index >= 15 is 0 Å². The summed E-state index contributed by atoms with van der Waals surface area (Å²) in [6.45, 7) is 0. The Morgan fingerprint density at radius 2 is 1.77 bits per heavy atom. The molecule has 156 valence electrons. The third-order valence-electron chi connectivity index (χ3n) is 4.46. The molecule has 0 fully saturated rings. The number of benzene rings is 2. The van der Waals surface area contributed by atoms with Crippen molar-refractivity contribution in [3.05, 3.63) is 82.2 Å². The Morgan fingerprint density at radius 3 is 2.43 bits per heavy atom. The average molecular weight is 445 g/mol. The van der Waals surface area contributed by atoms with Crippen molar-refractivity contribution in [2.75, 3.05) is 7.11 Å². The first-order valence-corrected chi connectivity index (χ1v) is 11.6. The van der Waals surface area contributed by atoms with Crippen molar-refractivity contribution in [3.63, 3.8) is 0 Å². The molecule has 2 aromatic carbocycles. The zero-order chi connectivity index (χ0) is 21.7. The zero-order valence-corrected chi connectivity index (χ0v) is 17.8. The summed E-state index contributed by atoms with van der Waals surface area (Å²) < 4.78 is 30.2. The van der Waals surface area contributed by atoms with Crippen LogP contribution in [0.25, 0.3) is 0 Å². The molecule has 0 aliphatic rings. The lowest BCUT2D eigenvalue weighted by Gasteiger charge is -2.06. The number of Topliss-reactive ketones (excluding diaryl/α,β-unsaturated/α-hetero) is 1. The van der Waals surface area contributed by atoms with Gasteiger partial charge in [0.05, 0.1) is 12.9 Å². The van der Waals surface area contributed by atoms with Crippen LogP contribution >= 0.6 is 11.3 Å². The van der Waals surface area contributed by atoms with Crippen LogP contribution in [0.4, 0.5) is 0 Å². The molecule has 0 bridgehead atoms. The Balaban J connectivity index is 1.67. The summed E-state index contributed by atoms with van der Waals surface area (Å²) in [5.41, 5.74) is 0.964. The van der Waals surface area contributed by atoms with Crippen LogP contribution in [0.3, 0.4) is 0 Å². The first kappa shape index (κ1) is 21.7. The van der Waals surface area contributed by atoms with Crippen molar-refractivity contribution < 1.29 is 27.9 Å². The van der Waals surface area contributed by atoms with Crippen LogP contribution in [-0.4, -0.2) is 32.4 Å². The van der Waals surface area contributed by atoms with Gasteiger partial charge in [0.1, 0.15) is 15.5 Å². The van der Waals surface area contributed by atoms with E-state index in [0.717, 1.165) is 16.2 Å². The maximum absolute atomic E-state index is 12.7. The Kier molecular flexibility index (Phi) is 6.69. The number of aromatic hydroxyl groups is 1. The van der Waals surface area contributed by atoms with Crippen molar-refractivity contribution in [2.24, 2.45) is 0 Å². The van der Waals surface area contributed by atoms with Gasteiger partial charge < -0.3 is 9.84 Å². The molecule has 1 N–H and O–H groups in total. The maximum atomic E-state index is 12.7. The van der Waals surface area contributed by atoms with Crippen LogP contribution in [-0.2, 0) is 26.7 Å². The van der Waals surface area contributed by atoms with Gasteiger partial charge in [-0.15, -0.1) is 11.3 Å². The largest absolute Gasteiger partial charge is 0.507 e. The van der Waals surface area contributed by atoms with Gasteiger partial charge in [0.25, 0.3) is 0 Å². The summed E-state index contributed by atoms with van der Waals surface area (Å²) in [6.07, 6.45) is 0.759. The molecule has 1 aromatic heterocycles. The number of phenolic OH excluding ortho intramolecular Hbond substituents is 1. The number of carbonyl (C=O) groups is 2. The third-order valence-corrected chi connectivity index (χ3v) is 7.88. The van der Waals surface area contributed by atoms with Crippen molar-refractivity contribution in [1.29, 1.82) is 0 Å². The van der Waals surface area contributed by atoms with Gasteiger partial charge in [-0.3, -0.25) is 4.79 Å². The second-order valence-corrected chi connectivity index (χ2v) is 10.00. The molecule has 30 heavy (non-hydrogen) atoms. The summed E-state index contributed by atoms with van der Waals surface area (Å²) in [4.78, 5) is 24.6. The van der Waals surface area contributed by atoms with E-state index in [9.17, 15) is 23.1 Å². The van der Waals surface area contributed by atoms with E-state index in [4.69, 9.17) is 0 Å². The molecule has 0 aliphatic heterocycles. The number of methoxy groups -OCH3 is 1. The van der Waals surface area contributed by atoms with Crippen molar-refractivity contribution >= 4 is 32.9 Å². The monoisotopic (exact) mass is 444 g/mol. The summed E-state index contributed by atoms with van der Waals surface area (Å²) in [5.74, 6) is -1.34. The minimum atomic E-state index is -3.63. The highest BCUT2D eigenvalue weighted by Crippen LogP contribution is 2.28. The molecular weight excluding hydrogens is 424 g/mol. The Hall–Kier alpha value is -2.97. The molecule has 0 unspecified atom stereocenters. The van der Waals surface area contributed by atoms with Gasteiger partial charge in [0, 0.05) is 16.9 Å². The van der Waals surface area contributed by atoms with Crippen LogP contribution in [0.15, 0.2) is 64.9 Å². The number of ketones is 1. The summed E-state index contributed by atoms with van der Waals surface area (Å²) in [5, 5.41) is 9.96. The molecule has 0 saturated carbocycles. The second kappa shape index (κ2) is 9.23. The van der Waals surface area contributed by atoms with Crippen LogP contribution in [0.2, 0.25) is 0 Å². The van der Waals surface area contributed by atoms with E-state index in [0.29, 0.717) is 24.0 Å². The summed E-state index contributed by atoms with van der Waals surface area (Å²) in [6, 6.07) is 16.3. The van der Waals surface area contributed by atoms with Crippen LogP contribution in [0, 0.1) is 0 Å². The lowest BCUT2D eigenvalue weighted by atomic mass is 10.1. The molecule has 0 amide bonds. The molecule has 1 heterocycles. The standard InChI is InChI=1S/C22H20O6S2/c1-28-22(25)18-10-7-15(13-20(18)24)14-30(26,27)21-12-9-17(29-21)8-11-19(23)16-5-3-2-4-6-16/h2-7,9-10,12-13,24H,8,11,14H2,1H3. The number of thiophene rings is 1. The fourth-order valence-corrected chi connectivity index (χ4v) is 5.68. The Labute approximate surface area is 178 Å². The van der Waals surface area contributed by atoms with Gasteiger partial charge in [0.2, 0.25) is 0 Å². The van der Waals surface area contributed by atoms with Gasteiger partial charge in [-0.05, 0) is 36.2 Å². The normalized spacial score (nSPS) is 11.2. The predicted molar refractivity (Wildman–Crippen MR) is 114 cm³/mol. The molecule has 3 rings (SSSR count). The number of ether oxygens (including phenoxy) is 1. The molecule has 3 aromatic rings. The molecule has 0 atom stereocenters. The summed E-state index contributed by atoms with van der Waals surface area (Å²) >= 11 is 1.14. The Bertz CT molecular complexity index is 1160. The number of esters is 1. The van der Waals surface area contributed by atoms with E-state index in [1.54, 1.807) is 30.3 Å². The number of hydrogen-bond acceptors (Lipinski definition) is 7. The van der Waals surface area contributed by atoms with E-state index in [1.165, 1.54) is 31.4 Å². The highest BCUT2D eigenvalue weighted by molar-refractivity contribution is 7.92. The highest BCUT2D eigenvalue weighted by Gasteiger charge is 2.20. The summed E-state index contributed by atoms with van der Waals surface area (Å²) in [7, 11) is -2.44. The van der Waals surface area contributed by atoms with Crippen LogP contribution < -0.4 is 0 Å². The fraction of sp³-hybridized carbons (Fsp3) is 0.182.